The molecule has 0 atom stereocenters. The highest BCUT2D eigenvalue weighted by Gasteiger charge is 2.26. The van der Waals surface area contributed by atoms with Crippen LogP contribution in [0.1, 0.15) is 38.2 Å². The lowest BCUT2D eigenvalue weighted by Crippen LogP contribution is -2.49. The molecule has 2 rings (SSSR count). The number of aryl methyl sites for hydroxylation is 1. The summed E-state index contributed by atoms with van der Waals surface area (Å²) in [6.07, 6.45) is 5.24. The van der Waals surface area contributed by atoms with Crippen molar-refractivity contribution < 1.29 is 8.42 Å². The monoisotopic (exact) mass is 338 g/mol. The molecule has 1 aliphatic heterocycles. The van der Waals surface area contributed by atoms with Crippen LogP contribution in [0, 0.1) is 0 Å². The topological polar surface area (TPSA) is 40.6 Å². The van der Waals surface area contributed by atoms with Crippen molar-refractivity contribution in [3.63, 3.8) is 0 Å². The lowest BCUT2D eigenvalue weighted by atomic mass is 10.1. The molecule has 23 heavy (non-hydrogen) atoms. The Hall–Kier alpha value is -0.910. The van der Waals surface area contributed by atoms with Crippen molar-refractivity contribution >= 4 is 10.0 Å². The van der Waals surface area contributed by atoms with Gasteiger partial charge in [0.1, 0.15) is 0 Å². The van der Waals surface area contributed by atoms with Crippen LogP contribution >= 0.6 is 0 Å². The molecular weight excluding hydrogens is 308 g/mol. The summed E-state index contributed by atoms with van der Waals surface area (Å²) in [5.74, 6) is 0.262. The van der Waals surface area contributed by atoms with Gasteiger partial charge in [-0.25, -0.2) is 8.42 Å². The summed E-state index contributed by atoms with van der Waals surface area (Å²) in [6, 6.07) is 10.1. The number of sulfonamides is 1. The van der Waals surface area contributed by atoms with Gasteiger partial charge in [0.2, 0.25) is 10.0 Å². The average molecular weight is 339 g/mol. The van der Waals surface area contributed by atoms with E-state index in [2.05, 4.69) is 24.0 Å². The summed E-state index contributed by atoms with van der Waals surface area (Å²) in [5, 5.41) is 0. The van der Waals surface area contributed by atoms with E-state index in [4.69, 9.17) is 0 Å². The van der Waals surface area contributed by atoms with Gasteiger partial charge in [-0.05, 0) is 31.4 Å². The van der Waals surface area contributed by atoms with Crippen molar-refractivity contribution in [2.45, 2.75) is 39.0 Å². The number of piperazine rings is 1. The molecule has 0 aliphatic carbocycles. The maximum absolute atomic E-state index is 12.5. The number of unbranched alkanes of at least 4 members (excludes halogenated alkanes) is 2. The van der Waals surface area contributed by atoms with E-state index in [1.54, 1.807) is 4.31 Å². The van der Waals surface area contributed by atoms with E-state index in [1.165, 1.54) is 24.8 Å². The lowest BCUT2D eigenvalue weighted by molar-refractivity contribution is 0.185. The molecule has 0 radical (unpaired) electrons. The normalized spacial score (nSPS) is 17.4. The molecule has 5 heteroatoms. The zero-order valence-corrected chi connectivity index (χ0v) is 15.1. The predicted octanol–water partition coefficient (Wildman–Crippen LogP) is 2.76. The number of rotatable bonds is 9. The summed E-state index contributed by atoms with van der Waals surface area (Å²) in [5.41, 5.74) is 1.21. The second-order valence-corrected chi connectivity index (χ2v) is 8.44. The third-order valence-corrected chi connectivity index (χ3v) is 6.47. The molecule has 1 aliphatic rings. The highest BCUT2D eigenvalue weighted by atomic mass is 32.2. The van der Waals surface area contributed by atoms with Crippen molar-refractivity contribution in [1.29, 1.82) is 0 Å². The summed E-state index contributed by atoms with van der Waals surface area (Å²) in [6.45, 7) is 6.37. The molecular formula is C18H30N2O2S. The van der Waals surface area contributed by atoms with E-state index in [1.807, 2.05) is 18.2 Å². The number of hydrogen-bond acceptors (Lipinski definition) is 3. The van der Waals surface area contributed by atoms with E-state index >= 15 is 0 Å². The van der Waals surface area contributed by atoms with E-state index in [0.717, 1.165) is 26.1 Å². The number of benzene rings is 1. The minimum atomic E-state index is -3.10. The van der Waals surface area contributed by atoms with Crippen molar-refractivity contribution in [2.24, 2.45) is 0 Å². The fourth-order valence-electron chi connectivity index (χ4n) is 3.05. The molecule has 0 unspecified atom stereocenters. The highest BCUT2D eigenvalue weighted by molar-refractivity contribution is 7.89. The molecule has 1 fully saturated rings. The average Bonchev–Trinajstić information content (AvgIpc) is 2.56. The fourth-order valence-corrected chi connectivity index (χ4v) is 4.54. The third kappa shape index (κ3) is 6.24. The van der Waals surface area contributed by atoms with Gasteiger partial charge < -0.3 is 4.90 Å². The zero-order chi connectivity index (χ0) is 16.5. The molecule has 130 valence electrons. The highest BCUT2D eigenvalue weighted by Crippen LogP contribution is 2.12. The summed E-state index contributed by atoms with van der Waals surface area (Å²) < 4.78 is 26.6. The van der Waals surface area contributed by atoms with Gasteiger partial charge in [0, 0.05) is 26.2 Å². The molecule has 0 spiro atoms. The Balaban J connectivity index is 1.71. The van der Waals surface area contributed by atoms with E-state index in [-0.39, 0.29) is 5.75 Å². The number of hydrogen-bond donors (Lipinski definition) is 0. The van der Waals surface area contributed by atoms with Gasteiger partial charge >= 0.3 is 0 Å². The summed E-state index contributed by atoms with van der Waals surface area (Å²) in [4.78, 5) is 2.39. The molecule has 0 aromatic heterocycles. The third-order valence-electron chi connectivity index (χ3n) is 4.51. The van der Waals surface area contributed by atoms with Crippen LogP contribution in [0.25, 0.3) is 0 Å². The fraction of sp³-hybridized carbons (Fsp3) is 0.667. The van der Waals surface area contributed by atoms with Crippen LogP contribution in [0.3, 0.4) is 0 Å². The van der Waals surface area contributed by atoms with E-state index in [0.29, 0.717) is 19.5 Å². The van der Waals surface area contributed by atoms with Gasteiger partial charge in [-0.2, -0.15) is 4.31 Å². The van der Waals surface area contributed by atoms with Crippen LogP contribution in [-0.4, -0.2) is 56.1 Å². The Morgan fingerprint density at radius 3 is 2.30 bits per heavy atom. The SMILES string of the molecule is CCCCCN1CCN(S(=O)(=O)CCCc2ccccc2)CC1. The molecule has 0 bridgehead atoms. The van der Waals surface area contributed by atoms with Crippen molar-refractivity contribution in [1.82, 2.24) is 9.21 Å². The Labute approximate surface area is 141 Å². The Bertz CT molecular complexity index is 537. The van der Waals surface area contributed by atoms with Crippen molar-refractivity contribution in [3.05, 3.63) is 35.9 Å². The second kappa shape index (κ2) is 9.40. The smallest absolute Gasteiger partial charge is 0.214 e. The van der Waals surface area contributed by atoms with Gasteiger partial charge in [0.25, 0.3) is 0 Å². The maximum Gasteiger partial charge on any atom is 0.214 e. The van der Waals surface area contributed by atoms with Crippen LogP contribution in [0.4, 0.5) is 0 Å². The number of nitrogens with zero attached hydrogens (tertiary/aromatic N) is 2. The van der Waals surface area contributed by atoms with Gasteiger partial charge in [-0.1, -0.05) is 50.1 Å². The Morgan fingerprint density at radius 1 is 0.957 bits per heavy atom. The standard InChI is InChI=1S/C18H30N2O2S/c1-2-3-7-12-19-13-15-20(16-14-19)23(21,22)17-8-11-18-9-5-4-6-10-18/h4-6,9-10H,2-3,7-8,11-17H2,1H3. The van der Waals surface area contributed by atoms with E-state index < -0.39 is 10.0 Å². The molecule has 1 aromatic carbocycles. The maximum atomic E-state index is 12.5. The minimum Gasteiger partial charge on any atom is -0.301 e. The van der Waals surface area contributed by atoms with Crippen molar-refractivity contribution in [3.8, 4) is 0 Å². The van der Waals surface area contributed by atoms with Gasteiger partial charge in [0.15, 0.2) is 0 Å². The second-order valence-electron chi connectivity index (χ2n) is 6.35. The molecule has 4 nitrogen and oxygen atoms in total. The Kier molecular flexibility index (Phi) is 7.53. The van der Waals surface area contributed by atoms with Crippen LogP contribution in [0.5, 0.6) is 0 Å². The summed E-state index contributed by atoms with van der Waals surface area (Å²) >= 11 is 0. The molecule has 0 N–H and O–H groups in total. The predicted molar refractivity (Wildman–Crippen MR) is 96.1 cm³/mol. The van der Waals surface area contributed by atoms with E-state index in [9.17, 15) is 8.42 Å². The first-order chi connectivity index (χ1) is 11.1. The quantitative estimate of drug-likeness (QED) is 0.650. The van der Waals surface area contributed by atoms with Crippen LogP contribution < -0.4 is 0 Å². The van der Waals surface area contributed by atoms with Crippen molar-refractivity contribution in [2.75, 3.05) is 38.5 Å². The first-order valence-corrected chi connectivity index (χ1v) is 10.5. The molecule has 0 saturated carbocycles. The van der Waals surface area contributed by atoms with Crippen LogP contribution in [0.2, 0.25) is 0 Å². The lowest BCUT2D eigenvalue weighted by Gasteiger charge is -2.34. The Morgan fingerprint density at radius 2 is 1.65 bits per heavy atom. The molecule has 0 amide bonds. The zero-order valence-electron chi connectivity index (χ0n) is 14.3. The first kappa shape index (κ1) is 18.4. The van der Waals surface area contributed by atoms with Gasteiger partial charge in [0.05, 0.1) is 5.75 Å². The molecule has 1 heterocycles. The minimum absolute atomic E-state index is 0.262. The van der Waals surface area contributed by atoms with Gasteiger partial charge in [-0.3, -0.25) is 0 Å². The van der Waals surface area contributed by atoms with Gasteiger partial charge in [-0.15, -0.1) is 0 Å². The molecule has 1 aromatic rings. The first-order valence-electron chi connectivity index (χ1n) is 8.86. The summed E-state index contributed by atoms with van der Waals surface area (Å²) in [7, 11) is -3.10. The molecule has 1 saturated heterocycles. The van der Waals surface area contributed by atoms with Crippen LogP contribution in [-0.2, 0) is 16.4 Å². The largest absolute Gasteiger partial charge is 0.301 e. The van der Waals surface area contributed by atoms with Crippen LogP contribution in [0.15, 0.2) is 30.3 Å².